The van der Waals surface area contributed by atoms with Crippen molar-refractivity contribution in [1.29, 1.82) is 0 Å². The van der Waals surface area contributed by atoms with Crippen LogP contribution in [-0.4, -0.2) is 43.2 Å². The number of carbonyl (C=O) groups excluding carboxylic acids is 1. The molecular weight excluding hydrogens is 286 g/mol. The zero-order valence-electron chi connectivity index (χ0n) is 13.3. The minimum absolute atomic E-state index is 0.333. The number of rotatable bonds is 6. The third-order valence-electron chi connectivity index (χ3n) is 4.17. The molecule has 0 heterocycles. The van der Waals surface area contributed by atoms with Gasteiger partial charge in [0.25, 0.3) is 0 Å². The van der Waals surface area contributed by atoms with Gasteiger partial charge in [0.05, 0.1) is 14.2 Å². The van der Waals surface area contributed by atoms with Gasteiger partial charge < -0.3 is 19.5 Å². The average Bonchev–Trinajstić information content (AvgIpc) is 3.29. The van der Waals surface area contributed by atoms with Crippen LogP contribution in [0.15, 0.2) is 12.1 Å². The van der Waals surface area contributed by atoms with Gasteiger partial charge in [0.1, 0.15) is 5.41 Å². The van der Waals surface area contributed by atoms with Crippen LogP contribution in [0, 0.1) is 12.3 Å². The molecule has 1 aromatic rings. The van der Waals surface area contributed by atoms with Crippen LogP contribution in [-0.2, 0) is 16.1 Å². The highest BCUT2D eigenvalue weighted by molar-refractivity contribution is 6.04. The molecule has 1 aliphatic rings. The predicted octanol–water partition coefficient (Wildman–Crippen LogP) is 1.84. The molecule has 0 aliphatic heterocycles. The van der Waals surface area contributed by atoms with Crippen LogP contribution in [0.3, 0.4) is 0 Å². The zero-order valence-corrected chi connectivity index (χ0v) is 13.3. The normalized spacial score (nSPS) is 15.1. The highest BCUT2D eigenvalue weighted by atomic mass is 16.5. The monoisotopic (exact) mass is 307 g/mol. The molecule has 0 radical (unpaired) electrons. The van der Waals surface area contributed by atoms with Gasteiger partial charge in [-0.1, -0.05) is 0 Å². The van der Waals surface area contributed by atoms with Crippen LogP contribution in [0.25, 0.3) is 0 Å². The molecule has 0 spiro atoms. The summed E-state index contributed by atoms with van der Waals surface area (Å²) in [6.45, 7) is 2.25. The molecule has 0 unspecified atom stereocenters. The molecule has 1 amide bonds. The van der Waals surface area contributed by atoms with E-state index < -0.39 is 11.4 Å². The van der Waals surface area contributed by atoms with E-state index in [1.165, 1.54) is 4.90 Å². The standard InChI is InChI=1S/C16H21NO5/c1-10-7-12(21-3)13(22-4)8-11(10)9-17(2)14(18)16(5-6-16)15(19)20/h7-8H,5-6,9H2,1-4H3,(H,19,20). The SMILES string of the molecule is COc1cc(C)c(CN(C)C(=O)C2(C(=O)O)CC2)cc1OC. The molecule has 2 rings (SSSR count). The van der Waals surface area contributed by atoms with Gasteiger partial charge in [-0.05, 0) is 43.0 Å². The second-order valence-electron chi connectivity index (χ2n) is 5.68. The summed E-state index contributed by atoms with van der Waals surface area (Å²) in [5.41, 5.74) is 0.645. The number of hydrogen-bond acceptors (Lipinski definition) is 4. The minimum Gasteiger partial charge on any atom is -0.493 e. The summed E-state index contributed by atoms with van der Waals surface area (Å²) >= 11 is 0. The summed E-state index contributed by atoms with van der Waals surface area (Å²) in [4.78, 5) is 25.1. The number of aryl methyl sites for hydroxylation is 1. The maximum atomic E-state index is 12.4. The molecule has 0 atom stereocenters. The Labute approximate surface area is 129 Å². The molecule has 6 heteroatoms. The molecule has 0 bridgehead atoms. The lowest BCUT2D eigenvalue weighted by Gasteiger charge is -2.22. The summed E-state index contributed by atoms with van der Waals surface area (Å²) < 4.78 is 10.5. The van der Waals surface area contributed by atoms with Crippen molar-refractivity contribution in [2.45, 2.75) is 26.3 Å². The molecule has 0 aromatic heterocycles. The molecule has 22 heavy (non-hydrogen) atoms. The third kappa shape index (κ3) is 2.73. The van der Waals surface area contributed by atoms with Crippen molar-refractivity contribution in [3.63, 3.8) is 0 Å². The van der Waals surface area contributed by atoms with Gasteiger partial charge in [0, 0.05) is 13.6 Å². The zero-order chi connectivity index (χ0) is 16.5. The Morgan fingerprint density at radius 3 is 2.23 bits per heavy atom. The second kappa shape index (κ2) is 5.87. The van der Waals surface area contributed by atoms with Crippen molar-refractivity contribution in [1.82, 2.24) is 4.90 Å². The van der Waals surface area contributed by atoms with Crippen LogP contribution < -0.4 is 9.47 Å². The van der Waals surface area contributed by atoms with E-state index in [1.807, 2.05) is 19.1 Å². The largest absolute Gasteiger partial charge is 0.493 e. The number of hydrogen-bond donors (Lipinski definition) is 1. The predicted molar refractivity (Wildman–Crippen MR) is 80.1 cm³/mol. The van der Waals surface area contributed by atoms with Gasteiger partial charge in [-0.2, -0.15) is 0 Å². The molecule has 0 saturated heterocycles. The van der Waals surface area contributed by atoms with Crippen molar-refractivity contribution >= 4 is 11.9 Å². The third-order valence-corrected chi connectivity index (χ3v) is 4.17. The molecule has 1 aliphatic carbocycles. The Morgan fingerprint density at radius 2 is 1.77 bits per heavy atom. The van der Waals surface area contributed by atoms with Crippen molar-refractivity contribution < 1.29 is 24.2 Å². The molecule has 1 N–H and O–H groups in total. The molecule has 1 fully saturated rings. The number of ether oxygens (including phenoxy) is 2. The Bertz CT molecular complexity index is 607. The smallest absolute Gasteiger partial charge is 0.319 e. The maximum absolute atomic E-state index is 12.4. The number of nitrogens with zero attached hydrogens (tertiary/aromatic N) is 1. The average molecular weight is 307 g/mol. The lowest BCUT2D eigenvalue weighted by molar-refractivity contribution is -0.153. The van der Waals surface area contributed by atoms with Crippen molar-refractivity contribution in [2.75, 3.05) is 21.3 Å². The van der Waals surface area contributed by atoms with Crippen LogP contribution in [0.2, 0.25) is 0 Å². The van der Waals surface area contributed by atoms with E-state index in [0.717, 1.165) is 11.1 Å². The van der Waals surface area contributed by atoms with Gasteiger partial charge >= 0.3 is 5.97 Å². The first-order valence-corrected chi connectivity index (χ1v) is 7.06. The van der Waals surface area contributed by atoms with E-state index in [-0.39, 0.29) is 5.91 Å². The van der Waals surface area contributed by atoms with E-state index in [2.05, 4.69) is 0 Å². The molecular formula is C16H21NO5. The summed E-state index contributed by atoms with van der Waals surface area (Å²) in [5, 5.41) is 9.21. The van der Waals surface area contributed by atoms with E-state index in [4.69, 9.17) is 9.47 Å². The van der Waals surface area contributed by atoms with E-state index in [0.29, 0.717) is 30.9 Å². The molecule has 1 saturated carbocycles. The van der Waals surface area contributed by atoms with Gasteiger partial charge in [-0.25, -0.2) is 0 Å². The first-order valence-electron chi connectivity index (χ1n) is 7.06. The summed E-state index contributed by atoms with van der Waals surface area (Å²) in [5.74, 6) is -0.159. The molecule has 6 nitrogen and oxygen atoms in total. The number of benzene rings is 1. The first kappa shape index (κ1) is 16.1. The Balaban J connectivity index is 2.20. The van der Waals surface area contributed by atoms with Gasteiger partial charge in [-0.3, -0.25) is 9.59 Å². The highest BCUT2D eigenvalue weighted by Crippen LogP contribution is 2.47. The Kier molecular flexibility index (Phi) is 4.30. The summed E-state index contributed by atoms with van der Waals surface area (Å²) in [6.07, 6.45) is 0.826. The quantitative estimate of drug-likeness (QED) is 0.812. The number of carbonyl (C=O) groups is 2. The van der Waals surface area contributed by atoms with Crippen molar-refractivity contribution in [2.24, 2.45) is 5.41 Å². The van der Waals surface area contributed by atoms with Crippen molar-refractivity contribution in [3.8, 4) is 11.5 Å². The summed E-state index contributed by atoms with van der Waals surface area (Å²) in [7, 11) is 4.74. The molecule has 1 aromatic carbocycles. The lowest BCUT2D eigenvalue weighted by Crippen LogP contribution is -2.38. The van der Waals surface area contributed by atoms with E-state index >= 15 is 0 Å². The number of carboxylic acid groups (broad SMARTS) is 1. The number of amides is 1. The minimum atomic E-state index is -1.21. The Hall–Kier alpha value is -2.24. The number of carboxylic acids is 1. The van der Waals surface area contributed by atoms with Gasteiger partial charge in [-0.15, -0.1) is 0 Å². The first-order chi connectivity index (χ1) is 10.4. The van der Waals surface area contributed by atoms with Gasteiger partial charge in [0.15, 0.2) is 11.5 Å². The van der Waals surface area contributed by atoms with Crippen molar-refractivity contribution in [3.05, 3.63) is 23.3 Å². The highest BCUT2D eigenvalue weighted by Gasteiger charge is 2.58. The maximum Gasteiger partial charge on any atom is 0.319 e. The van der Waals surface area contributed by atoms with E-state index in [9.17, 15) is 14.7 Å². The number of aliphatic carboxylic acids is 1. The van der Waals surface area contributed by atoms with E-state index in [1.54, 1.807) is 21.3 Å². The molecule has 120 valence electrons. The summed E-state index contributed by atoms with van der Waals surface area (Å²) in [6, 6.07) is 3.66. The van der Waals surface area contributed by atoms with Gasteiger partial charge in [0.2, 0.25) is 5.91 Å². The fraction of sp³-hybridized carbons (Fsp3) is 0.500. The van der Waals surface area contributed by atoms with Crippen LogP contribution in [0.4, 0.5) is 0 Å². The second-order valence-corrected chi connectivity index (χ2v) is 5.68. The fourth-order valence-electron chi connectivity index (χ4n) is 2.53. The topological polar surface area (TPSA) is 76.1 Å². The number of methoxy groups -OCH3 is 2. The van der Waals surface area contributed by atoms with Crippen LogP contribution in [0.1, 0.15) is 24.0 Å². The fourth-order valence-corrected chi connectivity index (χ4v) is 2.53. The Morgan fingerprint density at radius 1 is 1.23 bits per heavy atom. The van der Waals surface area contributed by atoms with Crippen LogP contribution in [0.5, 0.6) is 11.5 Å². The lowest BCUT2D eigenvalue weighted by atomic mass is 10.0. The van der Waals surface area contributed by atoms with Crippen LogP contribution >= 0.6 is 0 Å².